The Bertz CT molecular complexity index is 1890. The molecule has 0 radical (unpaired) electrons. The first kappa shape index (κ1) is 73.6. The lowest BCUT2D eigenvalue weighted by Crippen LogP contribution is -2.47. The third kappa shape index (κ3) is 56.4. The van der Waals surface area contributed by atoms with Gasteiger partial charge in [-0.3, -0.25) is 18.6 Å². The van der Waals surface area contributed by atoms with E-state index in [0.29, 0.717) is 23.9 Å². The van der Waals surface area contributed by atoms with E-state index in [1.54, 1.807) is 0 Å². The van der Waals surface area contributed by atoms with Crippen molar-refractivity contribution in [3.05, 3.63) is 158 Å². The maximum Gasteiger partial charge on any atom is 0.472 e. The van der Waals surface area contributed by atoms with Crippen LogP contribution < -0.4 is 5.32 Å². The van der Waals surface area contributed by atoms with Crippen molar-refractivity contribution >= 4 is 19.7 Å². The number of rotatable bonds is 52. The summed E-state index contributed by atoms with van der Waals surface area (Å²) in [5, 5.41) is 2.99. The number of unbranched alkanes of at least 4 members (excludes halogenated alkanes) is 12. The molecular formula is C68H112N2O7P+. The number of carbonyl (C=O) groups is 2. The Morgan fingerprint density at radius 2 is 0.833 bits per heavy atom. The molecule has 0 saturated heterocycles. The zero-order valence-electron chi connectivity index (χ0n) is 50.1. The number of hydrogen-bond donors (Lipinski definition) is 2. The Labute approximate surface area is 478 Å². The fourth-order valence-corrected chi connectivity index (χ4v) is 8.35. The highest BCUT2D eigenvalue weighted by Crippen LogP contribution is 2.43. The van der Waals surface area contributed by atoms with Gasteiger partial charge < -0.3 is 19.4 Å². The number of esters is 1. The van der Waals surface area contributed by atoms with Crippen molar-refractivity contribution in [1.29, 1.82) is 0 Å². The highest BCUT2D eigenvalue weighted by Gasteiger charge is 2.30. The van der Waals surface area contributed by atoms with Gasteiger partial charge in [0.25, 0.3) is 0 Å². The molecule has 440 valence electrons. The lowest BCUT2D eigenvalue weighted by Gasteiger charge is -2.27. The normalized spacial score (nSPS) is 14.8. The standard InChI is InChI=1S/C68H111N2O7P/c1-7-10-13-16-19-22-25-28-30-32-34-35-37-39-41-43-46-49-52-55-58-61-68(72)77-66(59-56-53-50-47-44-27-24-21-18-15-12-9-3)65(64-76-78(73,74)75-63-62-70(4,5)6)69-67(71)60-57-54-51-48-45-42-40-38-36-33-31-29-26-23-20-17-14-11-8-2/h10-11,13-14,19-20,22-23,28-31,34-36,38-39,41-42,45-46,49,51,54,56,59,65-66H,7-9,12,15-18,21,24-27,32-33,37,40,43-44,47-48,50,52-53,55,57-58,60-64H2,1-6H3,(H-,69,71,73,74)/p+1/b13-10-,14-11-,22-19-,23-20-,30-28-,31-29-,35-34-,38-36-,41-39-,45-42-,49-46-,54-51-,59-56+. The average Bonchev–Trinajstić information content (AvgIpc) is 3.40. The molecule has 3 unspecified atom stereocenters. The number of allylic oxidation sites excluding steroid dienone is 25. The summed E-state index contributed by atoms with van der Waals surface area (Å²) in [5.74, 6) is -0.669. The van der Waals surface area contributed by atoms with Crippen LogP contribution in [0.5, 0.6) is 0 Å². The van der Waals surface area contributed by atoms with Crippen molar-refractivity contribution < 1.29 is 37.3 Å². The third-order valence-corrected chi connectivity index (χ3v) is 13.2. The van der Waals surface area contributed by atoms with E-state index in [1.165, 1.54) is 51.4 Å². The van der Waals surface area contributed by atoms with Crippen LogP contribution in [0.3, 0.4) is 0 Å². The molecule has 0 rings (SSSR count). The van der Waals surface area contributed by atoms with Crippen molar-refractivity contribution in [1.82, 2.24) is 5.32 Å². The van der Waals surface area contributed by atoms with Crippen LogP contribution in [-0.4, -0.2) is 74.3 Å². The Morgan fingerprint density at radius 1 is 0.462 bits per heavy atom. The molecule has 0 fully saturated rings. The van der Waals surface area contributed by atoms with Crippen molar-refractivity contribution in [2.75, 3.05) is 40.9 Å². The molecule has 0 saturated carbocycles. The van der Waals surface area contributed by atoms with Crippen LogP contribution in [0.25, 0.3) is 0 Å². The monoisotopic (exact) mass is 1100 g/mol. The van der Waals surface area contributed by atoms with E-state index in [0.717, 1.165) is 109 Å². The molecule has 0 aromatic rings. The summed E-state index contributed by atoms with van der Waals surface area (Å²) in [6.07, 6.45) is 82.6. The fraction of sp³-hybridized carbons (Fsp3) is 0.588. The van der Waals surface area contributed by atoms with Gasteiger partial charge in [0, 0.05) is 12.8 Å². The van der Waals surface area contributed by atoms with E-state index in [4.69, 9.17) is 13.8 Å². The molecule has 0 bridgehead atoms. The van der Waals surface area contributed by atoms with Crippen LogP contribution in [0.1, 0.15) is 207 Å². The lowest BCUT2D eigenvalue weighted by atomic mass is 10.1. The molecule has 0 aromatic carbocycles. The Kier molecular flexibility index (Phi) is 52.8. The molecule has 1 amide bonds. The number of carbonyl (C=O) groups excluding carboxylic acids is 2. The van der Waals surface area contributed by atoms with Crippen LogP contribution in [0.4, 0.5) is 0 Å². The Balaban J connectivity index is 5.50. The summed E-state index contributed by atoms with van der Waals surface area (Å²) in [7, 11) is 1.40. The second-order valence-electron chi connectivity index (χ2n) is 20.8. The second kappa shape index (κ2) is 55.9. The second-order valence-corrected chi connectivity index (χ2v) is 22.2. The summed E-state index contributed by atoms with van der Waals surface area (Å²) in [5.41, 5.74) is 0. The quantitative estimate of drug-likeness (QED) is 0.0205. The maximum atomic E-state index is 13.5. The number of nitrogens with zero attached hydrogens (tertiary/aromatic N) is 1. The van der Waals surface area contributed by atoms with Crippen molar-refractivity contribution in [2.45, 2.75) is 219 Å². The molecule has 9 nitrogen and oxygen atoms in total. The predicted molar refractivity (Wildman–Crippen MR) is 336 cm³/mol. The molecule has 0 aromatic heterocycles. The summed E-state index contributed by atoms with van der Waals surface area (Å²) >= 11 is 0. The van der Waals surface area contributed by atoms with Crippen LogP contribution in [-0.2, 0) is 27.9 Å². The molecule has 3 atom stereocenters. The topological polar surface area (TPSA) is 111 Å². The number of hydrogen-bond acceptors (Lipinski definition) is 6. The van der Waals surface area contributed by atoms with Gasteiger partial charge in [-0.2, -0.15) is 0 Å². The van der Waals surface area contributed by atoms with Gasteiger partial charge in [-0.1, -0.05) is 230 Å². The zero-order chi connectivity index (χ0) is 57.2. The van der Waals surface area contributed by atoms with Gasteiger partial charge in [0.05, 0.1) is 33.8 Å². The molecule has 0 aliphatic heterocycles. The number of amides is 1. The first-order valence-corrected chi connectivity index (χ1v) is 31.8. The van der Waals surface area contributed by atoms with E-state index < -0.39 is 25.9 Å². The first-order valence-electron chi connectivity index (χ1n) is 30.3. The number of ether oxygens (including phenoxy) is 1. The maximum absolute atomic E-state index is 13.5. The van der Waals surface area contributed by atoms with Crippen LogP contribution in [0.2, 0.25) is 0 Å². The SMILES string of the molecule is CC/C=C\C/C=C\C/C=C\C/C=C\C/C=C\C/C=C\CCCCC(=O)OC(/C=C/CCCCCCCCCCCC)C(COP(=O)(O)OCC[N+](C)(C)C)NC(=O)CC/C=C\C/C=C\C/C=C\C/C=C\C/C=C\C/C=C\CC. The minimum atomic E-state index is -4.49. The fourth-order valence-electron chi connectivity index (χ4n) is 7.61. The van der Waals surface area contributed by atoms with Crippen molar-refractivity contribution in [3.63, 3.8) is 0 Å². The van der Waals surface area contributed by atoms with Gasteiger partial charge in [-0.25, -0.2) is 4.57 Å². The Morgan fingerprint density at radius 3 is 1.26 bits per heavy atom. The largest absolute Gasteiger partial charge is 0.472 e. The number of phosphoric ester groups is 1. The average molecular weight is 1100 g/mol. The molecule has 0 aliphatic rings. The van der Waals surface area contributed by atoms with Gasteiger partial charge >= 0.3 is 13.8 Å². The number of quaternary nitrogens is 1. The summed E-state index contributed by atoms with van der Waals surface area (Å²) in [6, 6.07) is -0.919. The number of likely N-dealkylation sites (N-methyl/N-ethyl adjacent to an activating group) is 1. The van der Waals surface area contributed by atoms with Crippen LogP contribution in [0, 0.1) is 0 Å². The predicted octanol–water partition coefficient (Wildman–Crippen LogP) is 18.8. The number of phosphoric acid groups is 1. The minimum Gasteiger partial charge on any atom is -0.456 e. The van der Waals surface area contributed by atoms with E-state index in [9.17, 15) is 19.0 Å². The van der Waals surface area contributed by atoms with Gasteiger partial charge in [-0.05, 0) is 122 Å². The van der Waals surface area contributed by atoms with Gasteiger partial charge in [0.2, 0.25) is 5.91 Å². The summed E-state index contributed by atoms with van der Waals surface area (Å²) in [6.45, 7) is 6.66. The smallest absolute Gasteiger partial charge is 0.456 e. The summed E-state index contributed by atoms with van der Waals surface area (Å²) < 4.78 is 30.6. The lowest BCUT2D eigenvalue weighted by molar-refractivity contribution is -0.870. The molecule has 0 spiro atoms. The van der Waals surface area contributed by atoms with Gasteiger partial charge in [-0.15, -0.1) is 0 Å². The molecule has 0 aliphatic carbocycles. The first-order chi connectivity index (χ1) is 37.9. The molecule has 2 N–H and O–H groups in total. The highest BCUT2D eigenvalue weighted by molar-refractivity contribution is 7.47. The minimum absolute atomic E-state index is 0.00993. The third-order valence-electron chi connectivity index (χ3n) is 12.2. The molecule has 0 heterocycles. The van der Waals surface area contributed by atoms with Crippen molar-refractivity contribution in [3.8, 4) is 0 Å². The van der Waals surface area contributed by atoms with E-state index >= 15 is 0 Å². The van der Waals surface area contributed by atoms with E-state index in [-0.39, 0.29) is 32.0 Å². The number of nitrogens with one attached hydrogen (secondary N) is 1. The van der Waals surface area contributed by atoms with Gasteiger partial charge in [0.15, 0.2) is 0 Å². The molecular weight excluding hydrogens is 988 g/mol. The van der Waals surface area contributed by atoms with E-state index in [1.807, 2.05) is 45.4 Å². The molecule has 78 heavy (non-hydrogen) atoms. The van der Waals surface area contributed by atoms with E-state index in [2.05, 4.69) is 160 Å². The molecule has 10 heteroatoms. The van der Waals surface area contributed by atoms with Crippen LogP contribution >= 0.6 is 7.82 Å². The Hall–Kier alpha value is -4.37. The van der Waals surface area contributed by atoms with Crippen LogP contribution in [0.15, 0.2) is 158 Å². The zero-order valence-corrected chi connectivity index (χ0v) is 51.0. The highest BCUT2D eigenvalue weighted by atomic mass is 31.2. The summed E-state index contributed by atoms with van der Waals surface area (Å²) in [4.78, 5) is 37.6. The van der Waals surface area contributed by atoms with Gasteiger partial charge in [0.1, 0.15) is 19.3 Å². The van der Waals surface area contributed by atoms with Crippen molar-refractivity contribution in [2.24, 2.45) is 0 Å².